The molecule has 0 saturated carbocycles. The molecular formula is C9H10O4S. The monoisotopic (exact) mass is 214 g/mol. The SMILES string of the molecule is COc1ccc(S)c(C(=O)O)c1OC. The molecule has 0 atom stereocenters. The number of methoxy groups -OCH3 is 2. The zero-order chi connectivity index (χ0) is 10.7. The summed E-state index contributed by atoms with van der Waals surface area (Å²) >= 11 is 4.03. The van der Waals surface area contributed by atoms with Gasteiger partial charge in [0.2, 0.25) is 0 Å². The van der Waals surface area contributed by atoms with E-state index in [1.54, 1.807) is 12.1 Å². The maximum Gasteiger partial charge on any atom is 0.340 e. The molecule has 14 heavy (non-hydrogen) atoms. The first-order valence-corrected chi connectivity index (χ1v) is 4.23. The second-order valence-electron chi connectivity index (χ2n) is 2.50. The molecule has 0 amide bonds. The van der Waals surface area contributed by atoms with Crippen molar-refractivity contribution in [3.8, 4) is 11.5 Å². The van der Waals surface area contributed by atoms with E-state index in [0.29, 0.717) is 10.6 Å². The van der Waals surface area contributed by atoms with Crippen LogP contribution in [-0.4, -0.2) is 25.3 Å². The molecule has 5 heteroatoms. The van der Waals surface area contributed by atoms with Crippen molar-refractivity contribution >= 4 is 18.6 Å². The van der Waals surface area contributed by atoms with Gasteiger partial charge in [-0.2, -0.15) is 0 Å². The third-order valence-corrected chi connectivity index (χ3v) is 2.11. The van der Waals surface area contributed by atoms with Crippen LogP contribution in [-0.2, 0) is 0 Å². The van der Waals surface area contributed by atoms with E-state index in [-0.39, 0.29) is 11.3 Å². The summed E-state index contributed by atoms with van der Waals surface area (Å²) < 4.78 is 9.91. The Bertz CT molecular complexity index is 362. The Labute approximate surface area is 86.9 Å². The van der Waals surface area contributed by atoms with Crippen molar-refractivity contribution in [3.63, 3.8) is 0 Å². The van der Waals surface area contributed by atoms with Crippen LogP contribution in [0.5, 0.6) is 11.5 Å². The molecule has 0 fully saturated rings. The van der Waals surface area contributed by atoms with Crippen LogP contribution in [0.15, 0.2) is 17.0 Å². The molecule has 0 unspecified atom stereocenters. The van der Waals surface area contributed by atoms with Crippen molar-refractivity contribution in [2.75, 3.05) is 14.2 Å². The normalized spacial score (nSPS) is 9.64. The molecule has 1 aromatic rings. The van der Waals surface area contributed by atoms with Gasteiger partial charge in [0.25, 0.3) is 0 Å². The molecule has 0 heterocycles. The van der Waals surface area contributed by atoms with Crippen LogP contribution in [0.25, 0.3) is 0 Å². The van der Waals surface area contributed by atoms with Crippen LogP contribution in [0.3, 0.4) is 0 Å². The van der Waals surface area contributed by atoms with Gasteiger partial charge in [-0.1, -0.05) is 0 Å². The molecule has 1 N–H and O–H groups in total. The summed E-state index contributed by atoms with van der Waals surface area (Å²) in [6.07, 6.45) is 0. The molecule has 1 aromatic carbocycles. The molecule has 0 saturated heterocycles. The average molecular weight is 214 g/mol. The highest BCUT2D eigenvalue weighted by atomic mass is 32.1. The van der Waals surface area contributed by atoms with Gasteiger partial charge >= 0.3 is 5.97 Å². The Morgan fingerprint density at radius 1 is 1.36 bits per heavy atom. The van der Waals surface area contributed by atoms with Crippen LogP contribution in [0.1, 0.15) is 10.4 Å². The molecule has 0 aliphatic carbocycles. The molecule has 0 radical (unpaired) electrons. The Kier molecular flexibility index (Phi) is 3.24. The summed E-state index contributed by atoms with van der Waals surface area (Å²) in [6.45, 7) is 0. The summed E-state index contributed by atoms with van der Waals surface area (Å²) in [5.41, 5.74) is 0.00943. The van der Waals surface area contributed by atoms with Gasteiger partial charge < -0.3 is 14.6 Å². The highest BCUT2D eigenvalue weighted by Crippen LogP contribution is 2.34. The lowest BCUT2D eigenvalue weighted by atomic mass is 10.2. The van der Waals surface area contributed by atoms with Gasteiger partial charge in [0.15, 0.2) is 11.5 Å². The first-order chi connectivity index (χ1) is 6.61. The van der Waals surface area contributed by atoms with Gasteiger partial charge in [-0.05, 0) is 12.1 Å². The molecule has 0 aliphatic heterocycles. The van der Waals surface area contributed by atoms with Gasteiger partial charge in [0.1, 0.15) is 5.56 Å². The van der Waals surface area contributed by atoms with Crippen LogP contribution in [0, 0.1) is 0 Å². The lowest BCUT2D eigenvalue weighted by Crippen LogP contribution is -2.03. The number of hydrogen-bond acceptors (Lipinski definition) is 4. The minimum Gasteiger partial charge on any atom is -0.493 e. The Balaban J connectivity index is 3.42. The zero-order valence-corrected chi connectivity index (χ0v) is 8.67. The summed E-state index contributed by atoms with van der Waals surface area (Å²) in [4.78, 5) is 11.2. The minimum absolute atomic E-state index is 0.00943. The van der Waals surface area contributed by atoms with Crippen molar-refractivity contribution in [1.29, 1.82) is 0 Å². The van der Waals surface area contributed by atoms with Gasteiger partial charge in [0, 0.05) is 4.90 Å². The minimum atomic E-state index is -1.09. The molecule has 0 aliphatic rings. The molecule has 4 nitrogen and oxygen atoms in total. The number of ether oxygens (including phenoxy) is 2. The Hall–Kier alpha value is -1.36. The summed E-state index contributed by atoms with van der Waals surface area (Å²) in [5.74, 6) is -0.527. The standard InChI is InChI=1S/C9H10O4S/c1-12-5-3-4-6(14)7(9(10)11)8(5)13-2/h3-4,14H,1-2H3,(H,10,11). The molecule has 0 aromatic heterocycles. The van der Waals surface area contributed by atoms with E-state index in [0.717, 1.165) is 0 Å². The van der Waals surface area contributed by atoms with Crippen LogP contribution in [0.4, 0.5) is 0 Å². The fourth-order valence-corrected chi connectivity index (χ4v) is 1.39. The van der Waals surface area contributed by atoms with Gasteiger partial charge in [0.05, 0.1) is 14.2 Å². The summed E-state index contributed by atoms with van der Waals surface area (Å²) in [5, 5.41) is 8.91. The third kappa shape index (κ3) is 1.77. The quantitative estimate of drug-likeness (QED) is 0.752. The second-order valence-corrected chi connectivity index (χ2v) is 2.98. The van der Waals surface area contributed by atoms with Crippen molar-refractivity contribution in [2.24, 2.45) is 0 Å². The number of aromatic carboxylic acids is 1. The second kappa shape index (κ2) is 4.23. The van der Waals surface area contributed by atoms with E-state index < -0.39 is 5.97 Å². The first-order valence-electron chi connectivity index (χ1n) is 3.79. The van der Waals surface area contributed by atoms with Crippen molar-refractivity contribution in [2.45, 2.75) is 4.90 Å². The largest absolute Gasteiger partial charge is 0.493 e. The number of benzene rings is 1. The van der Waals surface area contributed by atoms with E-state index in [2.05, 4.69) is 12.6 Å². The predicted octanol–water partition coefficient (Wildman–Crippen LogP) is 1.69. The van der Waals surface area contributed by atoms with Crippen molar-refractivity contribution in [3.05, 3.63) is 17.7 Å². The molecule has 0 bridgehead atoms. The highest BCUT2D eigenvalue weighted by Gasteiger charge is 2.18. The topological polar surface area (TPSA) is 55.8 Å². The van der Waals surface area contributed by atoms with Crippen LogP contribution < -0.4 is 9.47 Å². The maximum absolute atomic E-state index is 10.9. The number of hydrogen-bond donors (Lipinski definition) is 2. The number of rotatable bonds is 3. The molecule has 76 valence electrons. The summed E-state index contributed by atoms with van der Waals surface area (Å²) in [6, 6.07) is 3.15. The van der Waals surface area contributed by atoms with Crippen LogP contribution in [0.2, 0.25) is 0 Å². The van der Waals surface area contributed by atoms with Crippen molar-refractivity contribution in [1.82, 2.24) is 0 Å². The number of carbonyl (C=O) groups is 1. The average Bonchev–Trinajstić information content (AvgIpc) is 2.16. The van der Waals surface area contributed by atoms with Gasteiger partial charge in [-0.15, -0.1) is 12.6 Å². The smallest absolute Gasteiger partial charge is 0.340 e. The van der Waals surface area contributed by atoms with Crippen molar-refractivity contribution < 1.29 is 19.4 Å². The van der Waals surface area contributed by atoms with Crippen LogP contribution >= 0.6 is 12.6 Å². The predicted molar refractivity (Wildman–Crippen MR) is 53.8 cm³/mol. The lowest BCUT2D eigenvalue weighted by Gasteiger charge is -2.11. The number of carboxylic acid groups (broad SMARTS) is 1. The fourth-order valence-electron chi connectivity index (χ4n) is 1.12. The number of thiol groups is 1. The van der Waals surface area contributed by atoms with E-state index in [9.17, 15) is 4.79 Å². The molecular weight excluding hydrogens is 204 g/mol. The first kappa shape index (κ1) is 10.7. The van der Waals surface area contributed by atoms with E-state index in [1.807, 2.05) is 0 Å². The highest BCUT2D eigenvalue weighted by molar-refractivity contribution is 7.80. The summed E-state index contributed by atoms with van der Waals surface area (Å²) in [7, 11) is 2.83. The Morgan fingerprint density at radius 3 is 2.43 bits per heavy atom. The molecule has 0 spiro atoms. The van der Waals surface area contributed by atoms with E-state index in [4.69, 9.17) is 14.6 Å². The van der Waals surface area contributed by atoms with Gasteiger partial charge in [-0.3, -0.25) is 0 Å². The Morgan fingerprint density at radius 2 is 2.00 bits per heavy atom. The van der Waals surface area contributed by atoms with E-state index in [1.165, 1.54) is 14.2 Å². The zero-order valence-electron chi connectivity index (χ0n) is 7.77. The van der Waals surface area contributed by atoms with Gasteiger partial charge in [-0.25, -0.2) is 4.79 Å². The fraction of sp³-hybridized carbons (Fsp3) is 0.222. The molecule has 1 rings (SSSR count). The number of carboxylic acids is 1. The van der Waals surface area contributed by atoms with E-state index >= 15 is 0 Å². The third-order valence-electron chi connectivity index (χ3n) is 1.74. The lowest BCUT2D eigenvalue weighted by molar-refractivity contribution is 0.0688. The maximum atomic E-state index is 10.9.